The summed E-state index contributed by atoms with van der Waals surface area (Å²) in [5.74, 6) is -0.00299. The van der Waals surface area contributed by atoms with Gasteiger partial charge in [-0.3, -0.25) is 4.79 Å². The summed E-state index contributed by atoms with van der Waals surface area (Å²) in [4.78, 5) is 21.9. The van der Waals surface area contributed by atoms with Crippen molar-refractivity contribution < 1.29 is 14.3 Å². The molecule has 0 spiro atoms. The van der Waals surface area contributed by atoms with Crippen LogP contribution in [0.1, 0.15) is 19.4 Å². The monoisotopic (exact) mass is 234 g/mol. The Hall–Kier alpha value is -1.84. The highest BCUT2D eigenvalue weighted by Gasteiger charge is 2.16. The topological polar surface area (TPSA) is 55.4 Å². The first-order chi connectivity index (χ1) is 8.13. The summed E-state index contributed by atoms with van der Waals surface area (Å²) in [6.07, 6.45) is 1.17. The molecule has 4 nitrogen and oxygen atoms in total. The first-order valence-corrected chi connectivity index (χ1v) is 5.48. The SMILES string of the molecule is CC(C)[C@@H]([C]=O)NC(=O)OCc1ccccc1. The lowest BCUT2D eigenvalue weighted by molar-refractivity contribution is 0.136. The highest BCUT2D eigenvalue weighted by atomic mass is 16.5. The number of carbonyl (C=O) groups excluding carboxylic acids is 2. The Kier molecular flexibility index (Phi) is 5.20. The first kappa shape index (κ1) is 13.2. The molecule has 1 atom stereocenters. The van der Waals surface area contributed by atoms with E-state index in [1.54, 1.807) is 6.29 Å². The molecule has 0 unspecified atom stereocenters. The molecular weight excluding hydrogens is 218 g/mol. The maximum absolute atomic E-state index is 11.4. The van der Waals surface area contributed by atoms with Crippen molar-refractivity contribution in [2.45, 2.75) is 26.5 Å². The fourth-order valence-electron chi connectivity index (χ4n) is 1.22. The van der Waals surface area contributed by atoms with Crippen LogP contribution in [-0.2, 0) is 16.1 Å². The molecule has 1 aromatic rings. The number of rotatable bonds is 5. The average molecular weight is 234 g/mol. The number of benzene rings is 1. The molecule has 0 aromatic heterocycles. The van der Waals surface area contributed by atoms with Crippen molar-refractivity contribution in [1.82, 2.24) is 5.32 Å². The van der Waals surface area contributed by atoms with Gasteiger partial charge in [0.05, 0.1) is 0 Å². The summed E-state index contributed by atoms with van der Waals surface area (Å²) in [7, 11) is 0. The van der Waals surface area contributed by atoms with Crippen molar-refractivity contribution in [2.75, 3.05) is 0 Å². The van der Waals surface area contributed by atoms with E-state index in [1.807, 2.05) is 44.2 Å². The van der Waals surface area contributed by atoms with Crippen LogP contribution in [0.5, 0.6) is 0 Å². The van der Waals surface area contributed by atoms with Gasteiger partial charge in [0.1, 0.15) is 12.6 Å². The molecule has 0 bridgehead atoms. The van der Waals surface area contributed by atoms with Crippen LogP contribution in [-0.4, -0.2) is 18.4 Å². The van der Waals surface area contributed by atoms with Gasteiger partial charge in [0.15, 0.2) is 0 Å². The van der Waals surface area contributed by atoms with Crippen LogP contribution in [0.25, 0.3) is 0 Å². The molecule has 1 N–H and O–H groups in total. The van der Waals surface area contributed by atoms with Crippen molar-refractivity contribution in [3.05, 3.63) is 35.9 Å². The molecule has 0 heterocycles. The number of ether oxygens (including phenoxy) is 1. The molecule has 17 heavy (non-hydrogen) atoms. The van der Waals surface area contributed by atoms with Gasteiger partial charge in [0.25, 0.3) is 0 Å². The number of nitrogens with one attached hydrogen (secondary N) is 1. The zero-order valence-corrected chi connectivity index (χ0v) is 9.97. The Bertz CT molecular complexity index is 362. The fourth-order valence-corrected chi connectivity index (χ4v) is 1.22. The van der Waals surface area contributed by atoms with Crippen LogP contribution in [0.2, 0.25) is 0 Å². The van der Waals surface area contributed by atoms with Crippen molar-refractivity contribution >= 4 is 12.4 Å². The van der Waals surface area contributed by atoms with E-state index < -0.39 is 12.1 Å². The Morgan fingerprint density at radius 1 is 1.35 bits per heavy atom. The predicted octanol–water partition coefficient (Wildman–Crippen LogP) is 2.05. The summed E-state index contributed by atoms with van der Waals surface area (Å²) < 4.78 is 4.98. The second kappa shape index (κ2) is 6.68. The third-order valence-electron chi connectivity index (χ3n) is 2.28. The molecule has 0 saturated carbocycles. The third-order valence-corrected chi connectivity index (χ3v) is 2.28. The van der Waals surface area contributed by atoms with Crippen LogP contribution in [0.3, 0.4) is 0 Å². The number of carbonyl (C=O) groups is 1. The Morgan fingerprint density at radius 2 is 2.00 bits per heavy atom. The average Bonchev–Trinajstić information content (AvgIpc) is 2.34. The van der Waals surface area contributed by atoms with Gasteiger partial charge in [0.2, 0.25) is 6.29 Å². The Labute approximate surface area is 101 Å². The van der Waals surface area contributed by atoms with E-state index in [-0.39, 0.29) is 12.5 Å². The van der Waals surface area contributed by atoms with Crippen molar-refractivity contribution in [3.63, 3.8) is 0 Å². The van der Waals surface area contributed by atoms with Crippen LogP contribution >= 0.6 is 0 Å². The minimum Gasteiger partial charge on any atom is -0.445 e. The largest absolute Gasteiger partial charge is 0.445 e. The second-order valence-corrected chi connectivity index (χ2v) is 4.05. The molecular formula is C13H16NO3. The fraction of sp³-hybridized carbons (Fsp3) is 0.385. The molecule has 0 saturated heterocycles. The quantitative estimate of drug-likeness (QED) is 0.848. The summed E-state index contributed by atoms with van der Waals surface area (Å²) in [6.45, 7) is 3.84. The molecule has 4 heteroatoms. The highest BCUT2D eigenvalue weighted by Crippen LogP contribution is 2.02. The van der Waals surface area contributed by atoms with E-state index in [1.165, 1.54) is 0 Å². The Balaban J connectivity index is 2.37. The van der Waals surface area contributed by atoms with E-state index in [9.17, 15) is 9.59 Å². The molecule has 1 aromatic carbocycles. The smallest absolute Gasteiger partial charge is 0.408 e. The number of hydrogen-bond donors (Lipinski definition) is 1. The molecule has 91 valence electrons. The lowest BCUT2D eigenvalue weighted by Gasteiger charge is -2.15. The number of amides is 1. The predicted molar refractivity (Wildman–Crippen MR) is 64.1 cm³/mol. The summed E-state index contributed by atoms with van der Waals surface area (Å²) in [5, 5.41) is 2.45. The van der Waals surface area contributed by atoms with E-state index in [2.05, 4.69) is 5.32 Å². The normalized spacial score (nSPS) is 11.9. The molecule has 1 rings (SSSR count). The minimum absolute atomic E-state index is 0.00299. The van der Waals surface area contributed by atoms with Crippen molar-refractivity contribution in [1.29, 1.82) is 0 Å². The second-order valence-electron chi connectivity index (χ2n) is 4.05. The Morgan fingerprint density at radius 3 is 2.53 bits per heavy atom. The molecule has 0 aliphatic carbocycles. The summed E-state index contributed by atoms with van der Waals surface area (Å²) in [6, 6.07) is 8.72. The van der Waals surface area contributed by atoms with Gasteiger partial charge in [0, 0.05) is 0 Å². The van der Waals surface area contributed by atoms with Gasteiger partial charge in [-0.25, -0.2) is 4.79 Å². The zero-order valence-electron chi connectivity index (χ0n) is 9.97. The molecule has 0 aliphatic heterocycles. The van der Waals surface area contributed by atoms with E-state index >= 15 is 0 Å². The molecule has 1 radical (unpaired) electrons. The lowest BCUT2D eigenvalue weighted by atomic mass is 10.1. The van der Waals surface area contributed by atoms with Gasteiger partial charge in [-0.15, -0.1) is 0 Å². The molecule has 0 aliphatic rings. The molecule has 0 fully saturated rings. The van der Waals surface area contributed by atoms with Gasteiger partial charge < -0.3 is 10.1 Å². The van der Waals surface area contributed by atoms with Gasteiger partial charge in [-0.05, 0) is 11.5 Å². The van der Waals surface area contributed by atoms with Gasteiger partial charge >= 0.3 is 6.09 Å². The zero-order chi connectivity index (χ0) is 12.7. The van der Waals surface area contributed by atoms with Crippen LogP contribution in [0.4, 0.5) is 4.79 Å². The maximum atomic E-state index is 11.4. The third kappa shape index (κ3) is 4.68. The maximum Gasteiger partial charge on any atom is 0.408 e. The van der Waals surface area contributed by atoms with Gasteiger partial charge in [-0.2, -0.15) is 0 Å². The number of hydrogen-bond acceptors (Lipinski definition) is 3. The summed E-state index contributed by atoms with van der Waals surface area (Å²) >= 11 is 0. The van der Waals surface area contributed by atoms with Gasteiger partial charge in [-0.1, -0.05) is 44.2 Å². The minimum atomic E-state index is -0.627. The summed E-state index contributed by atoms with van der Waals surface area (Å²) in [5.41, 5.74) is 0.902. The lowest BCUT2D eigenvalue weighted by Crippen LogP contribution is -2.39. The van der Waals surface area contributed by atoms with Crippen LogP contribution in [0.15, 0.2) is 30.3 Å². The van der Waals surface area contributed by atoms with Crippen LogP contribution < -0.4 is 5.32 Å². The molecule has 1 amide bonds. The van der Waals surface area contributed by atoms with Crippen LogP contribution in [0, 0.1) is 5.92 Å². The van der Waals surface area contributed by atoms with Crippen molar-refractivity contribution in [2.24, 2.45) is 5.92 Å². The van der Waals surface area contributed by atoms with E-state index in [4.69, 9.17) is 4.74 Å². The first-order valence-electron chi connectivity index (χ1n) is 5.48. The number of alkyl carbamates (subject to hydrolysis) is 1. The van der Waals surface area contributed by atoms with E-state index in [0.29, 0.717) is 0 Å². The standard InChI is InChI=1S/C13H16NO3/c1-10(2)12(8-15)14-13(16)17-9-11-6-4-3-5-7-11/h3-7,10,12H,9H2,1-2H3,(H,14,16)/t12-/m1/s1. The van der Waals surface area contributed by atoms with E-state index in [0.717, 1.165) is 5.56 Å². The van der Waals surface area contributed by atoms with Crippen molar-refractivity contribution in [3.8, 4) is 0 Å². The highest BCUT2D eigenvalue weighted by molar-refractivity contribution is 5.73.